The van der Waals surface area contributed by atoms with E-state index in [4.69, 9.17) is 10.3 Å². The molecule has 10 heteroatoms. The first kappa shape index (κ1) is 13.3. The molecule has 19 heavy (non-hydrogen) atoms. The summed E-state index contributed by atoms with van der Waals surface area (Å²) < 4.78 is 6.10. The molecule has 1 aliphatic rings. The number of rotatable bonds is 2. The maximum atomic E-state index is 11.6. The van der Waals surface area contributed by atoms with Crippen LogP contribution in [0.25, 0.3) is 10.4 Å². The SMILES string of the molecule is C[C@@H]1O[C@H](n2cc(N=[N+]=[N-])c(=O)[nH]c2=O)C(O)C1O. The van der Waals surface area contributed by atoms with Gasteiger partial charge in [0.15, 0.2) is 6.23 Å². The van der Waals surface area contributed by atoms with E-state index < -0.39 is 35.8 Å². The number of aromatic amines is 1. The highest BCUT2D eigenvalue weighted by Gasteiger charge is 2.41. The number of aliphatic hydroxyl groups excluding tert-OH is 2. The highest BCUT2D eigenvalue weighted by Crippen LogP contribution is 2.28. The van der Waals surface area contributed by atoms with E-state index in [9.17, 15) is 19.8 Å². The topological polar surface area (TPSA) is 153 Å². The lowest BCUT2D eigenvalue weighted by molar-refractivity contribution is -0.0350. The molecule has 0 bridgehead atoms. The number of hydrogen-bond acceptors (Lipinski definition) is 6. The van der Waals surface area contributed by atoms with Crippen LogP contribution in [0.5, 0.6) is 0 Å². The second kappa shape index (κ2) is 4.86. The van der Waals surface area contributed by atoms with Gasteiger partial charge in [-0.1, -0.05) is 5.11 Å². The van der Waals surface area contributed by atoms with E-state index in [0.29, 0.717) is 0 Å². The Morgan fingerprint density at radius 3 is 2.68 bits per heavy atom. The smallest absolute Gasteiger partial charge is 0.330 e. The van der Waals surface area contributed by atoms with Gasteiger partial charge >= 0.3 is 5.69 Å². The number of nitrogens with one attached hydrogen (secondary N) is 1. The van der Waals surface area contributed by atoms with Crippen LogP contribution in [0.2, 0.25) is 0 Å². The molecule has 2 rings (SSSR count). The summed E-state index contributed by atoms with van der Waals surface area (Å²) in [7, 11) is 0. The summed E-state index contributed by atoms with van der Waals surface area (Å²) in [5.74, 6) is 0. The van der Waals surface area contributed by atoms with Crippen LogP contribution in [0.15, 0.2) is 20.9 Å². The molecule has 1 fully saturated rings. The van der Waals surface area contributed by atoms with Crippen LogP contribution in [0.4, 0.5) is 5.69 Å². The minimum Gasteiger partial charge on any atom is -0.388 e. The van der Waals surface area contributed by atoms with E-state index >= 15 is 0 Å². The van der Waals surface area contributed by atoms with Crippen LogP contribution in [0, 0.1) is 0 Å². The van der Waals surface area contributed by atoms with E-state index in [1.165, 1.54) is 6.92 Å². The summed E-state index contributed by atoms with van der Waals surface area (Å²) in [5, 5.41) is 22.5. The molecule has 2 unspecified atom stereocenters. The van der Waals surface area contributed by atoms with Crippen molar-refractivity contribution in [3.63, 3.8) is 0 Å². The predicted molar refractivity (Wildman–Crippen MR) is 61.7 cm³/mol. The number of nitrogens with zero attached hydrogens (tertiary/aromatic N) is 4. The summed E-state index contributed by atoms with van der Waals surface area (Å²) in [6, 6.07) is 0. The van der Waals surface area contributed by atoms with E-state index in [1.807, 2.05) is 4.98 Å². The fourth-order valence-electron chi connectivity index (χ4n) is 1.84. The monoisotopic (exact) mass is 269 g/mol. The molecule has 0 radical (unpaired) electrons. The van der Waals surface area contributed by atoms with Crippen molar-refractivity contribution in [1.29, 1.82) is 0 Å². The van der Waals surface area contributed by atoms with E-state index in [0.717, 1.165) is 10.8 Å². The summed E-state index contributed by atoms with van der Waals surface area (Å²) >= 11 is 0. The number of hydrogen-bond donors (Lipinski definition) is 3. The Balaban J connectivity index is 2.52. The Labute approximate surface area is 105 Å². The van der Waals surface area contributed by atoms with E-state index in [2.05, 4.69) is 10.0 Å². The molecular weight excluding hydrogens is 258 g/mol. The van der Waals surface area contributed by atoms with Crippen LogP contribution in [-0.2, 0) is 4.74 Å². The van der Waals surface area contributed by atoms with Gasteiger partial charge < -0.3 is 14.9 Å². The molecule has 10 nitrogen and oxygen atoms in total. The molecule has 102 valence electrons. The summed E-state index contributed by atoms with van der Waals surface area (Å²) in [4.78, 5) is 27.3. The summed E-state index contributed by atoms with van der Waals surface area (Å²) in [5.41, 5.74) is 6.27. The van der Waals surface area contributed by atoms with Crippen LogP contribution in [0.1, 0.15) is 13.2 Å². The second-order valence-corrected chi connectivity index (χ2v) is 4.08. The molecule has 0 spiro atoms. The van der Waals surface area contributed by atoms with Gasteiger partial charge in [-0.25, -0.2) is 4.79 Å². The Morgan fingerprint density at radius 2 is 2.16 bits per heavy atom. The minimum atomic E-state index is -1.34. The molecular formula is C9H11N5O5. The van der Waals surface area contributed by atoms with E-state index in [1.54, 1.807) is 0 Å². The molecule has 0 aliphatic carbocycles. The van der Waals surface area contributed by atoms with Crippen molar-refractivity contribution < 1.29 is 14.9 Å². The maximum Gasteiger partial charge on any atom is 0.330 e. The number of aromatic nitrogens is 2. The molecule has 1 aromatic rings. The van der Waals surface area contributed by atoms with Crippen LogP contribution in [0.3, 0.4) is 0 Å². The van der Waals surface area contributed by atoms with Gasteiger partial charge in [-0.2, -0.15) is 0 Å². The number of ether oxygens (including phenoxy) is 1. The molecule has 1 saturated heterocycles. The largest absolute Gasteiger partial charge is 0.388 e. The molecule has 4 atom stereocenters. The average Bonchev–Trinajstić information content (AvgIpc) is 2.61. The van der Waals surface area contributed by atoms with Gasteiger partial charge in [0.2, 0.25) is 0 Å². The highest BCUT2D eigenvalue weighted by atomic mass is 16.6. The van der Waals surface area contributed by atoms with Crippen molar-refractivity contribution in [2.75, 3.05) is 0 Å². The molecule has 1 aromatic heterocycles. The number of azide groups is 1. The Kier molecular flexibility index (Phi) is 3.40. The Hall–Kier alpha value is -2.13. The fraction of sp³-hybridized carbons (Fsp3) is 0.556. The quantitative estimate of drug-likeness (QED) is 0.361. The van der Waals surface area contributed by atoms with Gasteiger partial charge in [0.1, 0.15) is 17.9 Å². The van der Waals surface area contributed by atoms with Crippen LogP contribution in [-0.4, -0.2) is 38.1 Å². The van der Waals surface area contributed by atoms with Crippen molar-refractivity contribution in [1.82, 2.24) is 9.55 Å². The second-order valence-electron chi connectivity index (χ2n) is 4.08. The lowest BCUT2D eigenvalue weighted by Gasteiger charge is -2.17. The van der Waals surface area contributed by atoms with Gasteiger partial charge in [-0.3, -0.25) is 14.3 Å². The third-order valence-corrected chi connectivity index (χ3v) is 2.85. The van der Waals surface area contributed by atoms with Gasteiger partial charge in [0, 0.05) is 11.1 Å². The molecule has 0 amide bonds. The molecule has 0 aromatic carbocycles. The van der Waals surface area contributed by atoms with Gasteiger partial charge in [0.05, 0.1) is 6.10 Å². The minimum absolute atomic E-state index is 0.341. The van der Waals surface area contributed by atoms with Gasteiger partial charge in [-0.15, -0.1) is 0 Å². The number of aliphatic hydroxyl groups is 2. The molecule has 2 heterocycles. The molecule has 0 saturated carbocycles. The van der Waals surface area contributed by atoms with Crippen molar-refractivity contribution in [3.05, 3.63) is 37.5 Å². The zero-order chi connectivity index (χ0) is 14.2. The zero-order valence-corrected chi connectivity index (χ0v) is 9.79. The standard InChI is InChI=1S/C9H11N5O5/c1-3-5(15)6(16)8(19-3)14-2-4(12-13-10)7(17)11-9(14)18/h2-3,5-6,8,15-16H,1H3,(H,11,17,18)/t3-,5?,6?,8-/m0/s1. The lowest BCUT2D eigenvalue weighted by atomic mass is 10.1. The Bertz CT molecular complexity index is 645. The highest BCUT2D eigenvalue weighted by molar-refractivity contribution is 5.29. The van der Waals surface area contributed by atoms with Crippen molar-refractivity contribution in [2.24, 2.45) is 5.11 Å². The third kappa shape index (κ3) is 2.25. The van der Waals surface area contributed by atoms with Crippen molar-refractivity contribution in [3.8, 4) is 0 Å². The fourth-order valence-corrected chi connectivity index (χ4v) is 1.84. The van der Waals surface area contributed by atoms with Crippen LogP contribution >= 0.6 is 0 Å². The first-order valence-corrected chi connectivity index (χ1v) is 5.38. The van der Waals surface area contributed by atoms with Crippen molar-refractivity contribution >= 4 is 5.69 Å². The lowest BCUT2D eigenvalue weighted by Crippen LogP contribution is -2.37. The van der Waals surface area contributed by atoms with Gasteiger partial charge in [0.25, 0.3) is 5.56 Å². The zero-order valence-electron chi connectivity index (χ0n) is 9.79. The average molecular weight is 269 g/mol. The Morgan fingerprint density at radius 1 is 1.47 bits per heavy atom. The predicted octanol–water partition coefficient (Wildman–Crippen LogP) is -0.883. The molecule has 1 aliphatic heterocycles. The normalized spacial score (nSPS) is 30.1. The maximum absolute atomic E-state index is 11.6. The van der Waals surface area contributed by atoms with Crippen LogP contribution < -0.4 is 11.2 Å². The first-order chi connectivity index (χ1) is 8.95. The number of H-pyrrole nitrogens is 1. The van der Waals surface area contributed by atoms with Crippen molar-refractivity contribution in [2.45, 2.75) is 31.5 Å². The first-order valence-electron chi connectivity index (χ1n) is 5.38. The van der Waals surface area contributed by atoms with Gasteiger partial charge in [-0.05, 0) is 12.5 Å². The summed E-state index contributed by atoms with van der Waals surface area (Å²) in [6.07, 6.45) is -3.37. The summed E-state index contributed by atoms with van der Waals surface area (Å²) in [6.45, 7) is 1.53. The van der Waals surface area contributed by atoms with E-state index in [-0.39, 0.29) is 5.69 Å². The molecule has 3 N–H and O–H groups in total. The third-order valence-electron chi connectivity index (χ3n) is 2.85.